The van der Waals surface area contributed by atoms with Crippen LogP contribution in [0.4, 0.5) is 0 Å². The maximum Gasteiger partial charge on any atom is 0.192 e. The van der Waals surface area contributed by atoms with E-state index in [9.17, 15) is 4.79 Å². The number of benzene rings is 2. The monoisotopic (exact) mass is 417 g/mol. The summed E-state index contributed by atoms with van der Waals surface area (Å²) in [5.41, 5.74) is 4.00. The van der Waals surface area contributed by atoms with Gasteiger partial charge in [0.2, 0.25) is 0 Å². The Bertz CT molecular complexity index is 1130. The van der Waals surface area contributed by atoms with Crippen molar-refractivity contribution in [3.8, 4) is 11.4 Å². The molecule has 0 saturated heterocycles. The molecule has 5 nitrogen and oxygen atoms in total. The molecule has 0 aliphatic rings. The molecule has 0 bridgehead atoms. The van der Waals surface area contributed by atoms with Crippen molar-refractivity contribution in [1.29, 1.82) is 0 Å². The second-order valence-corrected chi connectivity index (χ2v) is 7.97. The first kappa shape index (κ1) is 20.2. The molecular formula is C24H23N3O2S. The number of ketones is 1. The van der Waals surface area contributed by atoms with Crippen molar-refractivity contribution >= 4 is 17.5 Å². The van der Waals surface area contributed by atoms with Gasteiger partial charge >= 0.3 is 0 Å². The number of aryl methyl sites for hydroxylation is 2. The third-order valence-electron chi connectivity index (χ3n) is 5.02. The van der Waals surface area contributed by atoms with E-state index in [2.05, 4.69) is 29.3 Å². The summed E-state index contributed by atoms with van der Waals surface area (Å²) in [6.45, 7) is 4.63. The van der Waals surface area contributed by atoms with Gasteiger partial charge in [-0.15, -0.1) is 10.2 Å². The van der Waals surface area contributed by atoms with Crippen LogP contribution in [0.2, 0.25) is 0 Å². The van der Waals surface area contributed by atoms with Crippen LogP contribution in [0.3, 0.4) is 0 Å². The number of furan rings is 1. The lowest BCUT2D eigenvalue weighted by atomic mass is 10.1. The highest BCUT2D eigenvalue weighted by Gasteiger charge is 2.19. The Morgan fingerprint density at radius 2 is 1.77 bits per heavy atom. The molecule has 0 unspecified atom stereocenters. The number of rotatable bonds is 8. The van der Waals surface area contributed by atoms with E-state index in [-0.39, 0.29) is 5.78 Å². The second-order valence-electron chi connectivity index (χ2n) is 7.03. The van der Waals surface area contributed by atoms with Crippen LogP contribution >= 0.6 is 11.8 Å². The maximum absolute atomic E-state index is 12.7. The molecule has 0 N–H and O–H groups in total. The molecule has 4 aromatic rings. The summed E-state index contributed by atoms with van der Waals surface area (Å²) in [6, 6.07) is 19.9. The predicted octanol–water partition coefficient (Wildman–Crippen LogP) is 5.43. The van der Waals surface area contributed by atoms with Gasteiger partial charge in [0.1, 0.15) is 5.76 Å². The van der Waals surface area contributed by atoms with E-state index >= 15 is 0 Å². The average Bonchev–Trinajstić information content (AvgIpc) is 3.38. The van der Waals surface area contributed by atoms with Crippen molar-refractivity contribution in [3.63, 3.8) is 0 Å². The second kappa shape index (κ2) is 9.13. The highest BCUT2D eigenvalue weighted by atomic mass is 32.2. The van der Waals surface area contributed by atoms with Gasteiger partial charge in [0.25, 0.3) is 0 Å². The van der Waals surface area contributed by atoms with E-state index in [1.807, 2.05) is 60.0 Å². The fourth-order valence-electron chi connectivity index (χ4n) is 3.26. The third-order valence-corrected chi connectivity index (χ3v) is 5.98. The number of nitrogens with zero attached hydrogens (tertiary/aromatic N) is 3. The zero-order valence-corrected chi connectivity index (χ0v) is 17.9. The third kappa shape index (κ3) is 4.39. The summed E-state index contributed by atoms with van der Waals surface area (Å²) in [4.78, 5) is 12.7. The number of aromatic nitrogens is 3. The molecule has 0 saturated carbocycles. The molecule has 152 valence electrons. The Kier molecular flexibility index (Phi) is 6.14. The molecule has 0 fully saturated rings. The minimum atomic E-state index is 0.0814. The van der Waals surface area contributed by atoms with Crippen LogP contribution < -0.4 is 0 Å². The van der Waals surface area contributed by atoms with Gasteiger partial charge in [0, 0.05) is 5.56 Å². The Labute approximate surface area is 180 Å². The number of carbonyl (C=O) groups excluding carboxylic acids is 1. The number of Topliss-reactive ketones (excluding diaryl/α,β-unsaturated/α-hetero) is 1. The number of carbonyl (C=O) groups is 1. The molecule has 0 radical (unpaired) electrons. The summed E-state index contributed by atoms with van der Waals surface area (Å²) in [5, 5.41) is 9.51. The van der Waals surface area contributed by atoms with Crippen LogP contribution in [-0.4, -0.2) is 26.3 Å². The van der Waals surface area contributed by atoms with Crippen LogP contribution in [0.25, 0.3) is 11.4 Å². The van der Waals surface area contributed by atoms with Crippen molar-refractivity contribution in [2.24, 2.45) is 0 Å². The predicted molar refractivity (Wildman–Crippen MR) is 119 cm³/mol. The van der Waals surface area contributed by atoms with E-state index in [1.54, 1.807) is 6.26 Å². The molecule has 6 heteroatoms. The number of hydrogen-bond donors (Lipinski definition) is 0. The molecule has 2 heterocycles. The Morgan fingerprint density at radius 3 is 2.43 bits per heavy atom. The van der Waals surface area contributed by atoms with E-state index in [0.29, 0.717) is 17.5 Å². The number of hydrogen-bond acceptors (Lipinski definition) is 5. The summed E-state index contributed by atoms with van der Waals surface area (Å²) in [6.07, 6.45) is 2.62. The SMILES string of the molecule is CCc1ccc(C(=O)CSc2nnc(-c3ccoc3C)n2Cc2ccccc2)cc1. The van der Waals surface area contributed by atoms with Gasteiger partial charge in [-0.2, -0.15) is 0 Å². The lowest BCUT2D eigenvalue weighted by Crippen LogP contribution is -2.07. The van der Waals surface area contributed by atoms with Crippen molar-refractivity contribution in [1.82, 2.24) is 14.8 Å². The molecule has 0 aliphatic heterocycles. The fraction of sp³-hybridized carbons (Fsp3) is 0.208. The van der Waals surface area contributed by atoms with Crippen molar-refractivity contribution in [3.05, 3.63) is 89.4 Å². The normalized spacial score (nSPS) is 11.0. The molecular weight excluding hydrogens is 394 g/mol. The smallest absolute Gasteiger partial charge is 0.192 e. The highest BCUT2D eigenvalue weighted by molar-refractivity contribution is 7.99. The van der Waals surface area contributed by atoms with E-state index in [4.69, 9.17) is 4.42 Å². The van der Waals surface area contributed by atoms with Crippen molar-refractivity contribution < 1.29 is 9.21 Å². The van der Waals surface area contributed by atoms with Gasteiger partial charge in [-0.25, -0.2) is 0 Å². The first-order chi connectivity index (χ1) is 14.7. The van der Waals surface area contributed by atoms with E-state index in [0.717, 1.165) is 34.7 Å². The molecule has 0 atom stereocenters. The van der Waals surface area contributed by atoms with Crippen molar-refractivity contribution in [2.45, 2.75) is 32.0 Å². The minimum Gasteiger partial charge on any atom is -0.469 e. The Balaban J connectivity index is 1.58. The average molecular weight is 418 g/mol. The standard InChI is InChI=1S/C24H23N3O2S/c1-3-18-9-11-20(12-10-18)22(28)16-30-24-26-25-23(21-13-14-29-17(21)2)27(24)15-19-7-5-4-6-8-19/h4-14H,3,15-16H2,1-2H3. The summed E-state index contributed by atoms with van der Waals surface area (Å²) in [5.74, 6) is 1.92. The fourth-order valence-corrected chi connectivity index (χ4v) is 4.09. The first-order valence-corrected chi connectivity index (χ1v) is 10.9. The van der Waals surface area contributed by atoms with Crippen LogP contribution in [0, 0.1) is 6.92 Å². The lowest BCUT2D eigenvalue weighted by molar-refractivity contribution is 0.102. The minimum absolute atomic E-state index is 0.0814. The molecule has 2 aromatic carbocycles. The zero-order valence-electron chi connectivity index (χ0n) is 17.0. The first-order valence-electron chi connectivity index (χ1n) is 9.92. The number of thioether (sulfide) groups is 1. The van der Waals surface area contributed by atoms with Gasteiger partial charge < -0.3 is 4.42 Å². The quantitative estimate of drug-likeness (QED) is 0.282. The molecule has 0 amide bonds. The Hall–Kier alpha value is -3.12. The maximum atomic E-state index is 12.7. The molecule has 4 rings (SSSR count). The highest BCUT2D eigenvalue weighted by Crippen LogP contribution is 2.28. The molecule has 0 aliphatic carbocycles. The van der Waals surface area contributed by atoms with Gasteiger partial charge in [-0.3, -0.25) is 9.36 Å². The van der Waals surface area contributed by atoms with Gasteiger partial charge in [-0.1, -0.05) is 73.3 Å². The van der Waals surface area contributed by atoms with Crippen LogP contribution in [0.15, 0.2) is 76.5 Å². The molecule has 0 spiro atoms. The molecule has 30 heavy (non-hydrogen) atoms. The summed E-state index contributed by atoms with van der Waals surface area (Å²) >= 11 is 1.41. The zero-order chi connectivity index (χ0) is 20.9. The van der Waals surface area contributed by atoms with Gasteiger partial charge in [-0.05, 0) is 30.5 Å². The van der Waals surface area contributed by atoms with E-state index < -0.39 is 0 Å². The van der Waals surface area contributed by atoms with E-state index in [1.165, 1.54) is 17.3 Å². The van der Waals surface area contributed by atoms with Gasteiger partial charge in [0.15, 0.2) is 16.8 Å². The Morgan fingerprint density at radius 1 is 1.00 bits per heavy atom. The summed E-state index contributed by atoms with van der Waals surface area (Å²) in [7, 11) is 0. The lowest BCUT2D eigenvalue weighted by Gasteiger charge is -2.10. The van der Waals surface area contributed by atoms with Crippen molar-refractivity contribution in [2.75, 3.05) is 5.75 Å². The summed E-state index contributed by atoms with van der Waals surface area (Å²) < 4.78 is 7.51. The van der Waals surface area contributed by atoms with Crippen LogP contribution in [0.5, 0.6) is 0 Å². The van der Waals surface area contributed by atoms with Crippen LogP contribution in [-0.2, 0) is 13.0 Å². The topological polar surface area (TPSA) is 60.9 Å². The van der Waals surface area contributed by atoms with Crippen LogP contribution in [0.1, 0.15) is 34.2 Å². The largest absolute Gasteiger partial charge is 0.469 e. The molecule has 2 aromatic heterocycles. The van der Waals surface area contributed by atoms with Gasteiger partial charge in [0.05, 0.1) is 24.1 Å².